The van der Waals surface area contributed by atoms with Crippen LogP contribution in [0.5, 0.6) is 0 Å². The van der Waals surface area contributed by atoms with Crippen LogP contribution in [0.1, 0.15) is 46.5 Å². The molecule has 0 aromatic heterocycles. The maximum atomic E-state index is 5.43. The normalized spacial score (nSPS) is 20.8. The highest BCUT2D eigenvalue weighted by Crippen LogP contribution is 2.27. The third-order valence-electron chi connectivity index (χ3n) is 3.30. The standard InChI is InChI=1S/C12H25NO/c1-4-12(3,8-9-14-5-2)10-13-11-6-7-11/h11,13H,4-10H2,1-3H3. The highest BCUT2D eigenvalue weighted by atomic mass is 16.5. The first-order chi connectivity index (χ1) is 6.70. The maximum Gasteiger partial charge on any atom is 0.0471 e. The fourth-order valence-electron chi connectivity index (χ4n) is 1.53. The minimum absolute atomic E-state index is 0.428. The third-order valence-corrected chi connectivity index (χ3v) is 3.30. The van der Waals surface area contributed by atoms with Crippen LogP contribution in [0, 0.1) is 5.41 Å². The number of ether oxygens (including phenoxy) is 1. The second-order valence-electron chi connectivity index (χ2n) is 4.77. The van der Waals surface area contributed by atoms with Crippen molar-refractivity contribution in [2.45, 2.75) is 52.5 Å². The van der Waals surface area contributed by atoms with Gasteiger partial charge < -0.3 is 10.1 Å². The van der Waals surface area contributed by atoms with Gasteiger partial charge in [0.05, 0.1) is 0 Å². The van der Waals surface area contributed by atoms with Crippen molar-refractivity contribution < 1.29 is 4.74 Å². The van der Waals surface area contributed by atoms with Crippen molar-refractivity contribution in [3.8, 4) is 0 Å². The summed E-state index contributed by atoms with van der Waals surface area (Å²) < 4.78 is 5.43. The van der Waals surface area contributed by atoms with Crippen LogP contribution in [0.3, 0.4) is 0 Å². The molecule has 0 heterocycles. The minimum atomic E-state index is 0.428. The van der Waals surface area contributed by atoms with Crippen LogP contribution < -0.4 is 5.32 Å². The smallest absolute Gasteiger partial charge is 0.0471 e. The topological polar surface area (TPSA) is 21.3 Å². The summed E-state index contributed by atoms with van der Waals surface area (Å²) in [5.74, 6) is 0. The Bertz CT molecular complexity index is 156. The molecule has 0 radical (unpaired) electrons. The lowest BCUT2D eigenvalue weighted by molar-refractivity contribution is 0.106. The fourth-order valence-corrected chi connectivity index (χ4v) is 1.53. The zero-order valence-corrected chi connectivity index (χ0v) is 9.94. The van der Waals surface area contributed by atoms with Crippen LogP contribution in [0.4, 0.5) is 0 Å². The van der Waals surface area contributed by atoms with Crippen molar-refractivity contribution in [3.63, 3.8) is 0 Å². The lowest BCUT2D eigenvalue weighted by atomic mass is 9.84. The Morgan fingerprint density at radius 3 is 2.57 bits per heavy atom. The van der Waals surface area contributed by atoms with E-state index < -0.39 is 0 Å². The first kappa shape index (κ1) is 12.0. The van der Waals surface area contributed by atoms with Gasteiger partial charge in [0, 0.05) is 25.8 Å². The lowest BCUT2D eigenvalue weighted by Crippen LogP contribution is -2.33. The molecule has 1 atom stereocenters. The number of nitrogens with one attached hydrogen (secondary N) is 1. The van der Waals surface area contributed by atoms with Gasteiger partial charge in [0.2, 0.25) is 0 Å². The number of hydrogen-bond acceptors (Lipinski definition) is 2. The molecular weight excluding hydrogens is 174 g/mol. The Balaban J connectivity index is 2.15. The molecule has 0 spiro atoms. The fraction of sp³-hybridized carbons (Fsp3) is 1.00. The van der Waals surface area contributed by atoms with E-state index in [0.717, 1.165) is 25.8 Å². The summed E-state index contributed by atoms with van der Waals surface area (Å²) in [7, 11) is 0. The SMILES string of the molecule is CCOCCC(C)(CC)CNC1CC1. The van der Waals surface area contributed by atoms with Crippen LogP contribution in [-0.2, 0) is 4.74 Å². The van der Waals surface area contributed by atoms with Crippen LogP contribution >= 0.6 is 0 Å². The molecule has 2 nitrogen and oxygen atoms in total. The highest BCUT2D eigenvalue weighted by molar-refractivity contribution is 4.85. The minimum Gasteiger partial charge on any atom is -0.382 e. The van der Waals surface area contributed by atoms with Crippen molar-refractivity contribution in [2.24, 2.45) is 5.41 Å². The Morgan fingerprint density at radius 2 is 2.07 bits per heavy atom. The molecule has 1 N–H and O–H groups in total. The predicted octanol–water partition coefficient (Wildman–Crippen LogP) is 2.58. The summed E-state index contributed by atoms with van der Waals surface area (Å²) >= 11 is 0. The molecule has 84 valence electrons. The van der Waals surface area contributed by atoms with Gasteiger partial charge in [-0.25, -0.2) is 0 Å². The summed E-state index contributed by atoms with van der Waals surface area (Å²) in [6.07, 6.45) is 5.17. The molecule has 0 bridgehead atoms. The van der Waals surface area contributed by atoms with Gasteiger partial charge in [-0.15, -0.1) is 0 Å². The van der Waals surface area contributed by atoms with Gasteiger partial charge in [0.1, 0.15) is 0 Å². The van der Waals surface area contributed by atoms with Gasteiger partial charge in [-0.2, -0.15) is 0 Å². The zero-order valence-electron chi connectivity index (χ0n) is 9.94. The monoisotopic (exact) mass is 199 g/mol. The predicted molar refractivity (Wildman–Crippen MR) is 60.5 cm³/mol. The van der Waals surface area contributed by atoms with Crippen molar-refractivity contribution in [1.29, 1.82) is 0 Å². The van der Waals surface area contributed by atoms with E-state index in [2.05, 4.69) is 26.1 Å². The van der Waals surface area contributed by atoms with E-state index >= 15 is 0 Å². The molecule has 2 heteroatoms. The summed E-state index contributed by atoms with van der Waals surface area (Å²) in [6.45, 7) is 9.61. The maximum absolute atomic E-state index is 5.43. The van der Waals surface area contributed by atoms with E-state index in [1.54, 1.807) is 0 Å². The second kappa shape index (κ2) is 5.72. The molecule has 0 amide bonds. The Kier molecular flexibility index (Phi) is 4.90. The summed E-state index contributed by atoms with van der Waals surface area (Å²) in [5.41, 5.74) is 0.428. The number of rotatable bonds is 8. The largest absolute Gasteiger partial charge is 0.382 e. The first-order valence-electron chi connectivity index (χ1n) is 6.01. The van der Waals surface area contributed by atoms with Crippen molar-refractivity contribution in [3.05, 3.63) is 0 Å². The van der Waals surface area contributed by atoms with Gasteiger partial charge >= 0.3 is 0 Å². The molecule has 14 heavy (non-hydrogen) atoms. The van der Waals surface area contributed by atoms with Crippen molar-refractivity contribution >= 4 is 0 Å². The van der Waals surface area contributed by atoms with E-state index in [9.17, 15) is 0 Å². The average Bonchev–Trinajstić information content (AvgIpc) is 2.99. The van der Waals surface area contributed by atoms with Crippen LogP contribution in [-0.4, -0.2) is 25.8 Å². The molecule has 0 aliphatic heterocycles. The molecule has 1 fully saturated rings. The van der Waals surface area contributed by atoms with Gasteiger partial charge in [-0.05, 0) is 38.0 Å². The van der Waals surface area contributed by atoms with Crippen molar-refractivity contribution in [1.82, 2.24) is 5.32 Å². The first-order valence-corrected chi connectivity index (χ1v) is 6.01. The summed E-state index contributed by atoms with van der Waals surface area (Å²) in [4.78, 5) is 0. The van der Waals surface area contributed by atoms with Gasteiger partial charge in [-0.3, -0.25) is 0 Å². The van der Waals surface area contributed by atoms with E-state index in [-0.39, 0.29) is 0 Å². The average molecular weight is 199 g/mol. The molecule has 0 aromatic rings. The molecule has 1 saturated carbocycles. The van der Waals surface area contributed by atoms with Crippen LogP contribution in [0.15, 0.2) is 0 Å². The Morgan fingerprint density at radius 1 is 1.36 bits per heavy atom. The van der Waals surface area contributed by atoms with Crippen LogP contribution in [0.25, 0.3) is 0 Å². The molecule has 1 rings (SSSR count). The molecule has 0 saturated heterocycles. The molecule has 0 aromatic carbocycles. The van der Waals surface area contributed by atoms with E-state index in [0.29, 0.717) is 5.41 Å². The summed E-state index contributed by atoms with van der Waals surface area (Å²) in [6, 6.07) is 0.827. The molecule has 1 unspecified atom stereocenters. The van der Waals surface area contributed by atoms with Crippen LogP contribution in [0.2, 0.25) is 0 Å². The van der Waals surface area contributed by atoms with E-state index in [4.69, 9.17) is 4.74 Å². The Hall–Kier alpha value is -0.0800. The van der Waals surface area contributed by atoms with Crippen molar-refractivity contribution in [2.75, 3.05) is 19.8 Å². The van der Waals surface area contributed by atoms with E-state index in [1.165, 1.54) is 25.7 Å². The van der Waals surface area contributed by atoms with E-state index in [1.807, 2.05) is 0 Å². The highest BCUT2D eigenvalue weighted by Gasteiger charge is 2.26. The zero-order chi connectivity index (χ0) is 10.4. The third kappa shape index (κ3) is 4.43. The van der Waals surface area contributed by atoms with Gasteiger partial charge in [0.25, 0.3) is 0 Å². The Labute approximate surface area is 88.4 Å². The quantitative estimate of drug-likeness (QED) is 0.607. The molecule has 1 aliphatic carbocycles. The molecule has 1 aliphatic rings. The molecular formula is C12H25NO. The lowest BCUT2D eigenvalue weighted by Gasteiger charge is -2.28. The second-order valence-corrected chi connectivity index (χ2v) is 4.77. The van der Waals surface area contributed by atoms with Gasteiger partial charge in [-0.1, -0.05) is 13.8 Å². The summed E-state index contributed by atoms with van der Waals surface area (Å²) in [5, 5.41) is 3.62. The number of hydrogen-bond donors (Lipinski definition) is 1. The van der Waals surface area contributed by atoms with Gasteiger partial charge in [0.15, 0.2) is 0 Å².